The van der Waals surface area contributed by atoms with Gasteiger partial charge in [-0.1, -0.05) is 103 Å². The van der Waals surface area contributed by atoms with E-state index in [9.17, 15) is 4.79 Å². The number of hydrogen-bond donors (Lipinski definition) is 4. The van der Waals surface area contributed by atoms with E-state index in [4.69, 9.17) is 22.7 Å². The van der Waals surface area contributed by atoms with Crippen LogP contribution in [-0.4, -0.2) is 46.8 Å². The summed E-state index contributed by atoms with van der Waals surface area (Å²) in [6.45, 7) is 19.1. The van der Waals surface area contributed by atoms with Crippen LogP contribution in [0.15, 0.2) is 23.3 Å². The van der Waals surface area contributed by atoms with E-state index >= 15 is 0 Å². The summed E-state index contributed by atoms with van der Waals surface area (Å²) in [7, 11) is 0. The van der Waals surface area contributed by atoms with Crippen molar-refractivity contribution in [3.8, 4) is 0 Å². The molecule has 0 saturated carbocycles. The second-order valence-corrected chi connectivity index (χ2v) is 9.07. The van der Waals surface area contributed by atoms with Crippen molar-refractivity contribution in [3.63, 3.8) is 0 Å². The largest absolute Gasteiger partial charge is 2.00 e. The number of amidine groups is 2. The second-order valence-electron chi connectivity index (χ2n) is 9.07. The van der Waals surface area contributed by atoms with Crippen LogP contribution in [0.3, 0.4) is 0 Å². The van der Waals surface area contributed by atoms with Gasteiger partial charge in [0.1, 0.15) is 22.9 Å². The molecular weight excluding hydrogens is 1090 g/mol. The van der Waals surface area contributed by atoms with Gasteiger partial charge in [-0.3, -0.25) is 10.2 Å². The zero-order chi connectivity index (χ0) is 28.6. The van der Waals surface area contributed by atoms with Gasteiger partial charge in [-0.2, -0.15) is 5.10 Å². The van der Waals surface area contributed by atoms with Gasteiger partial charge in [0, 0.05) is 6.92 Å². The van der Waals surface area contributed by atoms with E-state index < -0.39 is 0 Å². The SMILES string of the molecule is C.C.C.CC(=O)c1cc(C)n([C-](C)C)n1.Cc1cc(C(=N)N)nn1[C-](C)C.Cc1cc(C(N)=NN)nn1[C-](C)C.[CH3-].[CH3-].[CH3-].[W+2].[W+2].[W+2]. The summed E-state index contributed by atoms with van der Waals surface area (Å²) < 4.78 is 5.35. The van der Waals surface area contributed by atoms with Crippen LogP contribution in [0.25, 0.3) is 0 Å². The summed E-state index contributed by atoms with van der Waals surface area (Å²) in [5.41, 5.74) is 15.5. The van der Waals surface area contributed by atoms with Gasteiger partial charge in [0.25, 0.3) is 0 Å². The van der Waals surface area contributed by atoms with Gasteiger partial charge in [-0.25, -0.2) is 15.3 Å². The van der Waals surface area contributed by atoms with Gasteiger partial charge in [0.15, 0.2) is 11.6 Å². The van der Waals surface area contributed by atoms with Crippen LogP contribution in [0.2, 0.25) is 0 Å². The van der Waals surface area contributed by atoms with Crippen LogP contribution < -0.4 is 17.3 Å². The molecule has 0 fully saturated rings. The van der Waals surface area contributed by atoms with Crippen LogP contribution in [-0.2, 0) is 63.2 Å². The molecule has 15 heteroatoms. The first kappa shape index (κ1) is 66.2. The molecule has 0 aliphatic rings. The monoisotopic (exact) mass is 1160 g/mol. The minimum atomic E-state index is 0. The molecule has 0 bridgehead atoms. The fourth-order valence-electron chi connectivity index (χ4n) is 3.28. The minimum Gasteiger partial charge on any atom is -0.400 e. The normalized spacial score (nSPS) is 8.52. The molecule has 0 aromatic carbocycles. The Morgan fingerprint density at radius 3 is 1.13 bits per heavy atom. The molecular formula is C31H61N11OW3. The van der Waals surface area contributed by atoms with E-state index in [-0.39, 0.29) is 125 Å². The van der Waals surface area contributed by atoms with Crippen molar-refractivity contribution in [3.05, 3.63) is 92.8 Å². The first-order chi connectivity index (χ1) is 17.1. The number of aromatic nitrogens is 6. The zero-order valence-corrected chi connectivity index (χ0v) is 36.5. The van der Waals surface area contributed by atoms with Crippen molar-refractivity contribution < 1.29 is 68.0 Å². The summed E-state index contributed by atoms with van der Waals surface area (Å²) in [5, 5.41) is 23.1. The average molecular weight is 1160 g/mol. The summed E-state index contributed by atoms with van der Waals surface area (Å²) >= 11 is 0. The average Bonchev–Trinajstić information content (AvgIpc) is 3.50. The third kappa shape index (κ3) is 19.4. The number of hydrazone groups is 1. The number of carbonyl (C=O) groups is 1. The Balaban J connectivity index is -0.0000000581. The minimum absolute atomic E-state index is 0. The number of Topliss-reactive ketones (excluding diaryl/α,β-unsaturated/α-hetero) is 1. The molecule has 3 aromatic rings. The van der Waals surface area contributed by atoms with E-state index in [0.29, 0.717) is 17.1 Å². The number of nitrogen functional groups attached to an aromatic ring is 1. The number of nitrogens with two attached hydrogens (primary N) is 3. The van der Waals surface area contributed by atoms with Gasteiger partial charge in [-0.15, -0.1) is 35.2 Å². The number of hydrogen-bond acceptors (Lipinski definition) is 7. The van der Waals surface area contributed by atoms with Crippen LogP contribution in [0.1, 0.15) is 110 Å². The van der Waals surface area contributed by atoms with Crippen LogP contribution in [0.5, 0.6) is 0 Å². The summed E-state index contributed by atoms with van der Waals surface area (Å²) in [5.74, 6) is 5.32. The third-order valence-corrected chi connectivity index (χ3v) is 4.97. The van der Waals surface area contributed by atoms with E-state index in [2.05, 4.69) is 20.4 Å². The Morgan fingerprint density at radius 1 is 0.674 bits per heavy atom. The maximum atomic E-state index is 10.9. The molecule has 7 N–H and O–H groups in total. The molecule has 0 radical (unpaired) electrons. The molecule has 0 aliphatic carbocycles. The van der Waals surface area contributed by atoms with Gasteiger partial charge in [0.2, 0.25) is 0 Å². The van der Waals surface area contributed by atoms with Crippen molar-refractivity contribution >= 4 is 17.5 Å². The molecule has 0 saturated heterocycles. The van der Waals surface area contributed by atoms with Crippen molar-refractivity contribution in [2.45, 2.75) is 91.5 Å². The predicted molar refractivity (Wildman–Crippen MR) is 186 cm³/mol. The van der Waals surface area contributed by atoms with Crippen molar-refractivity contribution in [1.29, 1.82) is 5.41 Å². The maximum absolute atomic E-state index is 10.9. The van der Waals surface area contributed by atoms with Gasteiger partial charge >= 0.3 is 63.2 Å². The number of carbonyl (C=O) groups excluding carboxylic acids is 1. The topological polar surface area (TPSA) is 185 Å². The molecule has 0 aliphatic heterocycles. The van der Waals surface area contributed by atoms with Gasteiger partial charge < -0.3 is 53.6 Å². The molecule has 264 valence electrons. The Kier molecular flexibility index (Phi) is 43.3. The maximum Gasteiger partial charge on any atom is 2.00 e. The van der Waals surface area contributed by atoms with Crippen molar-refractivity contribution in [1.82, 2.24) is 29.3 Å². The summed E-state index contributed by atoms with van der Waals surface area (Å²) in [4.78, 5) is 10.9. The number of nitrogens with zero attached hydrogens (tertiary/aromatic N) is 7. The predicted octanol–water partition coefficient (Wildman–Crippen LogP) is 6.15. The number of ketones is 1. The van der Waals surface area contributed by atoms with E-state index in [1.54, 1.807) is 26.2 Å². The third-order valence-electron chi connectivity index (χ3n) is 4.97. The number of nitrogens with one attached hydrogen (secondary N) is 1. The van der Waals surface area contributed by atoms with Crippen molar-refractivity contribution in [2.24, 2.45) is 22.4 Å². The molecule has 0 unspecified atom stereocenters. The quantitative estimate of drug-likeness (QED) is 0.0570. The molecule has 3 rings (SSSR count). The molecule has 12 nitrogen and oxygen atoms in total. The van der Waals surface area contributed by atoms with Crippen LogP contribution in [0, 0.1) is 66.6 Å². The van der Waals surface area contributed by atoms with Crippen LogP contribution >= 0.6 is 0 Å². The first-order valence-electron chi connectivity index (χ1n) is 11.6. The smallest absolute Gasteiger partial charge is 0.400 e. The Morgan fingerprint density at radius 2 is 0.935 bits per heavy atom. The van der Waals surface area contributed by atoms with Gasteiger partial charge in [0.05, 0.1) is 0 Å². The van der Waals surface area contributed by atoms with E-state index in [0.717, 1.165) is 35.2 Å². The standard InChI is InChI=1S/C9H13N2O.C8H14N5.C8H13N4.3CH4.3CH3.3W/c1-6(2)11-7(3)5-9(10-11)8(4)12;1-5(2)13-6(3)4-7(12-13)8(9)11-10;1-5(2)12-6(3)4-7(11-12)8(9)10;;;;;;;;;/h5H,1-4H3;4H,10H2,1-3H3,(H2,9,11);4H,1-3H3,(H3,9,10);3*1H4;3*1H3;;;/q3*-1;;;;3*-1;3*+2. The fourth-order valence-corrected chi connectivity index (χ4v) is 3.28. The molecule has 46 heavy (non-hydrogen) atoms. The molecule has 0 spiro atoms. The zero-order valence-electron chi connectivity index (χ0n) is 27.7. The second kappa shape index (κ2) is 30.1. The molecule has 0 amide bonds. The summed E-state index contributed by atoms with van der Waals surface area (Å²) in [6, 6.07) is 8.66. The van der Waals surface area contributed by atoms with E-state index in [1.807, 2.05) is 68.4 Å². The fraction of sp³-hybridized carbons (Fsp3) is 0.419. The summed E-state index contributed by atoms with van der Waals surface area (Å²) in [6.07, 6.45) is 0. The van der Waals surface area contributed by atoms with E-state index in [1.165, 1.54) is 6.92 Å². The van der Waals surface area contributed by atoms with Crippen molar-refractivity contribution in [2.75, 3.05) is 0 Å². The molecule has 0 atom stereocenters. The Hall–Kier alpha value is -2.29. The first-order valence-corrected chi connectivity index (χ1v) is 11.6. The van der Waals surface area contributed by atoms with Crippen LogP contribution in [0.4, 0.5) is 0 Å². The Bertz CT molecular complexity index is 1180. The number of aryl methyl sites for hydroxylation is 3. The Labute approximate surface area is 324 Å². The molecule has 3 heterocycles. The number of rotatable bonds is 6. The molecule has 3 aromatic heterocycles. The van der Waals surface area contributed by atoms with Gasteiger partial charge in [-0.05, 0) is 0 Å².